The molecule has 0 radical (unpaired) electrons. The van der Waals surface area contributed by atoms with Crippen LogP contribution in [0, 0.1) is 5.92 Å². The summed E-state index contributed by atoms with van der Waals surface area (Å²) in [4.78, 5) is 12.3. The van der Waals surface area contributed by atoms with Crippen LogP contribution in [-0.2, 0) is 11.2 Å². The Morgan fingerprint density at radius 3 is 2.90 bits per heavy atom. The summed E-state index contributed by atoms with van der Waals surface area (Å²) in [6.07, 6.45) is 0.697. The zero-order valence-corrected chi connectivity index (χ0v) is 11.6. The predicted octanol–water partition coefficient (Wildman–Crippen LogP) is 3.53. The molecule has 0 aliphatic carbocycles. The second kappa shape index (κ2) is 5.55. The van der Waals surface area contributed by atoms with Crippen molar-refractivity contribution in [1.29, 1.82) is 0 Å². The van der Waals surface area contributed by atoms with E-state index in [1.54, 1.807) is 12.1 Å². The Bertz CT molecular complexity index is 642. The molecule has 1 atom stereocenters. The molecule has 1 amide bonds. The average Bonchev–Trinajstić information content (AvgIpc) is 2.47. The molecule has 0 aromatic heterocycles. The number of amides is 1. The Balaban J connectivity index is 1.70. The van der Waals surface area contributed by atoms with E-state index in [0.29, 0.717) is 23.7 Å². The molecular weight excluding hydrogens is 274 g/mol. The van der Waals surface area contributed by atoms with E-state index >= 15 is 0 Å². The number of carbonyl (C=O) groups excluding carboxylic acids is 1. The van der Waals surface area contributed by atoms with Gasteiger partial charge in [0.25, 0.3) is 0 Å². The molecule has 3 rings (SSSR count). The van der Waals surface area contributed by atoms with Crippen molar-refractivity contribution in [2.45, 2.75) is 6.42 Å². The molecule has 1 heterocycles. The fourth-order valence-corrected chi connectivity index (χ4v) is 2.50. The van der Waals surface area contributed by atoms with Crippen LogP contribution in [0.1, 0.15) is 5.56 Å². The first kappa shape index (κ1) is 13.0. The van der Waals surface area contributed by atoms with Gasteiger partial charge in [-0.1, -0.05) is 35.9 Å². The minimum absolute atomic E-state index is 0.0400. The van der Waals surface area contributed by atoms with E-state index in [1.807, 2.05) is 36.4 Å². The van der Waals surface area contributed by atoms with Crippen molar-refractivity contribution in [2.24, 2.45) is 5.92 Å². The van der Waals surface area contributed by atoms with E-state index < -0.39 is 0 Å². The summed E-state index contributed by atoms with van der Waals surface area (Å²) in [7, 11) is 0. The van der Waals surface area contributed by atoms with Crippen molar-refractivity contribution < 1.29 is 9.53 Å². The molecular formula is C16H14ClNO2. The van der Waals surface area contributed by atoms with Crippen molar-refractivity contribution in [3.05, 3.63) is 59.1 Å². The number of anilines is 1. The van der Waals surface area contributed by atoms with Gasteiger partial charge >= 0.3 is 0 Å². The van der Waals surface area contributed by atoms with Crippen molar-refractivity contribution in [2.75, 3.05) is 11.9 Å². The monoisotopic (exact) mass is 287 g/mol. The standard InChI is InChI=1S/C16H14ClNO2/c17-13-5-3-6-14(9-13)18-16(19)12-8-11-4-1-2-7-15(11)20-10-12/h1-7,9,12H,8,10H2,(H,18,19). The summed E-state index contributed by atoms with van der Waals surface area (Å²) in [5.41, 5.74) is 1.78. The first-order valence-electron chi connectivity index (χ1n) is 6.49. The van der Waals surface area contributed by atoms with Crippen LogP contribution in [0.25, 0.3) is 0 Å². The Hall–Kier alpha value is -2.00. The number of halogens is 1. The summed E-state index contributed by atoms with van der Waals surface area (Å²) in [5, 5.41) is 3.48. The number of para-hydroxylation sites is 1. The molecule has 3 nitrogen and oxygen atoms in total. The Morgan fingerprint density at radius 1 is 1.20 bits per heavy atom. The Morgan fingerprint density at radius 2 is 2.05 bits per heavy atom. The number of fused-ring (bicyclic) bond motifs is 1. The van der Waals surface area contributed by atoms with Gasteiger partial charge in [-0.2, -0.15) is 0 Å². The van der Waals surface area contributed by atoms with Gasteiger partial charge < -0.3 is 10.1 Å². The highest BCUT2D eigenvalue weighted by molar-refractivity contribution is 6.30. The predicted molar refractivity (Wildman–Crippen MR) is 79.2 cm³/mol. The van der Waals surface area contributed by atoms with Crippen LogP contribution < -0.4 is 10.1 Å². The SMILES string of the molecule is O=C(Nc1cccc(Cl)c1)C1COc2ccccc2C1. The van der Waals surface area contributed by atoms with Crippen LogP contribution in [0.2, 0.25) is 5.02 Å². The number of ether oxygens (including phenoxy) is 1. The number of benzene rings is 2. The molecule has 2 aromatic carbocycles. The first-order chi connectivity index (χ1) is 9.72. The van der Waals surface area contributed by atoms with Gasteiger partial charge in [0.15, 0.2) is 0 Å². The Labute approximate surface area is 122 Å². The van der Waals surface area contributed by atoms with Crippen LogP contribution in [0.5, 0.6) is 5.75 Å². The van der Waals surface area contributed by atoms with Crippen LogP contribution in [0.4, 0.5) is 5.69 Å². The molecule has 1 N–H and O–H groups in total. The number of carbonyl (C=O) groups is 1. The van der Waals surface area contributed by atoms with E-state index in [1.165, 1.54) is 0 Å². The van der Waals surface area contributed by atoms with Crippen molar-refractivity contribution >= 4 is 23.2 Å². The highest BCUT2D eigenvalue weighted by Gasteiger charge is 2.25. The van der Waals surface area contributed by atoms with Crippen molar-refractivity contribution in [3.8, 4) is 5.75 Å². The lowest BCUT2D eigenvalue weighted by Crippen LogP contribution is -2.32. The third-order valence-corrected chi connectivity index (χ3v) is 3.58. The molecule has 102 valence electrons. The summed E-state index contributed by atoms with van der Waals surface area (Å²) in [6.45, 7) is 0.406. The van der Waals surface area contributed by atoms with E-state index in [9.17, 15) is 4.79 Å². The summed E-state index contributed by atoms with van der Waals surface area (Å²) >= 11 is 5.91. The van der Waals surface area contributed by atoms with E-state index in [2.05, 4.69) is 5.32 Å². The maximum Gasteiger partial charge on any atom is 0.231 e. The highest BCUT2D eigenvalue weighted by atomic mass is 35.5. The first-order valence-corrected chi connectivity index (χ1v) is 6.87. The second-order valence-corrected chi connectivity index (χ2v) is 5.26. The molecule has 0 bridgehead atoms. The maximum absolute atomic E-state index is 12.3. The van der Waals surface area contributed by atoms with E-state index in [0.717, 1.165) is 11.3 Å². The number of rotatable bonds is 2. The van der Waals surface area contributed by atoms with Gasteiger partial charge in [-0.05, 0) is 36.2 Å². The van der Waals surface area contributed by atoms with Gasteiger partial charge in [0.1, 0.15) is 12.4 Å². The third kappa shape index (κ3) is 2.78. The number of nitrogens with one attached hydrogen (secondary N) is 1. The highest BCUT2D eigenvalue weighted by Crippen LogP contribution is 2.27. The van der Waals surface area contributed by atoms with Gasteiger partial charge in [-0.25, -0.2) is 0 Å². The molecule has 4 heteroatoms. The molecule has 0 saturated carbocycles. The van der Waals surface area contributed by atoms with Crippen LogP contribution in [0.15, 0.2) is 48.5 Å². The van der Waals surface area contributed by atoms with E-state index in [4.69, 9.17) is 16.3 Å². The quantitative estimate of drug-likeness (QED) is 0.917. The minimum atomic E-state index is -0.177. The maximum atomic E-state index is 12.3. The van der Waals surface area contributed by atoms with E-state index in [-0.39, 0.29) is 11.8 Å². The van der Waals surface area contributed by atoms with Crippen molar-refractivity contribution in [3.63, 3.8) is 0 Å². The molecule has 2 aromatic rings. The molecule has 0 saturated heterocycles. The smallest absolute Gasteiger partial charge is 0.231 e. The average molecular weight is 288 g/mol. The fourth-order valence-electron chi connectivity index (χ4n) is 2.31. The van der Waals surface area contributed by atoms with Gasteiger partial charge in [0.2, 0.25) is 5.91 Å². The summed E-state index contributed by atoms with van der Waals surface area (Å²) < 4.78 is 5.63. The lowest BCUT2D eigenvalue weighted by Gasteiger charge is -2.24. The minimum Gasteiger partial charge on any atom is -0.492 e. The van der Waals surface area contributed by atoms with Crippen LogP contribution >= 0.6 is 11.6 Å². The summed E-state index contributed by atoms with van der Waals surface area (Å²) in [6, 6.07) is 15.0. The lowest BCUT2D eigenvalue weighted by molar-refractivity contribution is -0.121. The zero-order valence-electron chi connectivity index (χ0n) is 10.8. The topological polar surface area (TPSA) is 38.3 Å². The van der Waals surface area contributed by atoms with Gasteiger partial charge in [-0.3, -0.25) is 4.79 Å². The molecule has 1 unspecified atom stereocenters. The van der Waals surface area contributed by atoms with Gasteiger partial charge in [-0.15, -0.1) is 0 Å². The third-order valence-electron chi connectivity index (χ3n) is 3.34. The lowest BCUT2D eigenvalue weighted by atomic mass is 9.96. The summed E-state index contributed by atoms with van der Waals surface area (Å²) in [5.74, 6) is 0.657. The van der Waals surface area contributed by atoms with Gasteiger partial charge in [0.05, 0.1) is 5.92 Å². The van der Waals surface area contributed by atoms with Crippen LogP contribution in [-0.4, -0.2) is 12.5 Å². The molecule has 0 fully saturated rings. The molecule has 20 heavy (non-hydrogen) atoms. The van der Waals surface area contributed by atoms with Crippen molar-refractivity contribution in [1.82, 2.24) is 0 Å². The number of hydrogen-bond donors (Lipinski definition) is 1. The fraction of sp³-hybridized carbons (Fsp3) is 0.188. The molecule has 1 aliphatic rings. The largest absolute Gasteiger partial charge is 0.492 e. The Kier molecular flexibility index (Phi) is 3.61. The number of hydrogen-bond acceptors (Lipinski definition) is 2. The normalized spacial score (nSPS) is 16.9. The van der Waals surface area contributed by atoms with Crippen LogP contribution in [0.3, 0.4) is 0 Å². The zero-order chi connectivity index (χ0) is 13.9. The second-order valence-electron chi connectivity index (χ2n) is 4.82. The molecule has 1 aliphatic heterocycles. The van der Waals surface area contributed by atoms with Gasteiger partial charge in [0, 0.05) is 10.7 Å². The molecule has 0 spiro atoms.